The molecule has 11 nitrogen and oxygen atoms in total. The molecule has 4 aromatic rings. The average Bonchev–Trinajstić information content (AvgIpc) is 3.69. The molecule has 1 aliphatic rings. The Morgan fingerprint density at radius 3 is 2.55 bits per heavy atom. The molecule has 0 atom stereocenters. The van der Waals surface area contributed by atoms with Gasteiger partial charge in [0.1, 0.15) is 18.0 Å². The third-order valence-corrected chi connectivity index (χ3v) is 6.80. The molecule has 0 saturated heterocycles. The molecule has 2 amide bonds. The van der Waals surface area contributed by atoms with Crippen LogP contribution in [0.5, 0.6) is 0 Å². The largest absolute Gasteiger partial charge is 0.416 e. The van der Waals surface area contributed by atoms with Crippen molar-refractivity contribution in [3.63, 3.8) is 0 Å². The lowest BCUT2D eigenvalue weighted by molar-refractivity contribution is -0.137. The van der Waals surface area contributed by atoms with E-state index in [1.807, 2.05) is 25.9 Å². The van der Waals surface area contributed by atoms with Crippen molar-refractivity contribution in [3.8, 4) is 5.82 Å². The Balaban J connectivity index is 1.42. The Hall–Kier alpha value is -4.98. The van der Waals surface area contributed by atoms with Crippen LogP contribution in [0.15, 0.2) is 60.9 Å². The van der Waals surface area contributed by atoms with E-state index in [1.54, 1.807) is 30.3 Å². The first-order valence-corrected chi connectivity index (χ1v) is 13.9. The Morgan fingerprint density at radius 2 is 1.82 bits per heavy atom. The zero-order valence-corrected chi connectivity index (χ0v) is 24.4. The van der Waals surface area contributed by atoms with Crippen molar-refractivity contribution in [2.45, 2.75) is 32.0 Å². The molecule has 0 unspecified atom stereocenters. The van der Waals surface area contributed by atoms with Crippen LogP contribution in [0, 0.1) is 6.92 Å². The van der Waals surface area contributed by atoms with Crippen LogP contribution in [0.2, 0.25) is 0 Å². The zero-order valence-electron chi connectivity index (χ0n) is 24.4. The molecule has 2 aromatic carbocycles. The normalized spacial score (nSPS) is 13.1. The molecule has 0 spiro atoms. The zero-order chi connectivity index (χ0) is 31.4. The predicted molar refractivity (Wildman–Crippen MR) is 161 cm³/mol. The summed E-state index contributed by atoms with van der Waals surface area (Å²) in [6.45, 7) is 2.92. The van der Waals surface area contributed by atoms with Crippen LogP contribution in [0.4, 0.5) is 36.2 Å². The number of rotatable bonds is 11. The van der Waals surface area contributed by atoms with Crippen molar-refractivity contribution in [1.29, 1.82) is 0 Å². The van der Waals surface area contributed by atoms with Crippen LogP contribution in [-0.4, -0.2) is 69.7 Å². The number of likely N-dealkylation sites (N-methyl/N-ethyl adjacent to an activating group) is 1. The number of halogens is 3. The van der Waals surface area contributed by atoms with E-state index >= 15 is 0 Å². The molecule has 5 rings (SSSR count). The highest BCUT2D eigenvalue weighted by atomic mass is 19.4. The number of aryl methyl sites for hydroxylation is 1. The second kappa shape index (κ2) is 12.7. The number of anilines is 4. The quantitative estimate of drug-likeness (QED) is 0.191. The molecular formula is C30H32F3N9O2. The van der Waals surface area contributed by atoms with Gasteiger partial charge in [-0.3, -0.25) is 9.59 Å². The van der Waals surface area contributed by atoms with E-state index < -0.39 is 17.6 Å². The molecular weight excluding hydrogens is 575 g/mol. The van der Waals surface area contributed by atoms with Crippen LogP contribution in [0.25, 0.3) is 5.82 Å². The maximum absolute atomic E-state index is 13.2. The van der Waals surface area contributed by atoms with E-state index in [2.05, 4.69) is 36.3 Å². The molecule has 2 heterocycles. The lowest BCUT2D eigenvalue weighted by atomic mass is 10.1. The molecule has 4 N–H and O–H groups in total. The van der Waals surface area contributed by atoms with Gasteiger partial charge in [0.2, 0.25) is 0 Å². The van der Waals surface area contributed by atoms with Crippen LogP contribution >= 0.6 is 0 Å². The Bertz CT molecular complexity index is 1670. The Morgan fingerprint density at radius 1 is 1.02 bits per heavy atom. The van der Waals surface area contributed by atoms with Crippen molar-refractivity contribution < 1.29 is 22.8 Å². The first-order valence-electron chi connectivity index (χ1n) is 13.9. The summed E-state index contributed by atoms with van der Waals surface area (Å²) in [5, 5.41) is 16.6. The first-order chi connectivity index (χ1) is 21.0. The molecule has 0 bridgehead atoms. The second-order valence-corrected chi connectivity index (χ2v) is 10.8. The van der Waals surface area contributed by atoms with Crippen LogP contribution in [0.3, 0.4) is 0 Å². The van der Waals surface area contributed by atoms with Gasteiger partial charge in [0.05, 0.1) is 5.56 Å². The third kappa shape index (κ3) is 7.69. The molecule has 1 fully saturated rings. The van der Waals surface area contributed by atoms with Gasteiger partial charge in [0.25, 0.3) is 11.8 Å². The summed E-state index contributed by atoms with van der Waals surface area (Å²) in [4.78, 5) is 36.4. The van der Waals surface area contributed by atoms with Crippen LogP contribution in [-0.2, 0) is 6.18 Å². The van der Waals surface area contributed by atoms with Gasteiger partial charge in [0, 0.05) is 48.2 Å². The van der Waals surface area contributed by atoms with Gasteiger partial charge in [-0.1, -0.05) is 12.1 Å². The fourth-order valence-corrected chi connectivity index (χ4v) is 4.23. The van der Waals surface area contributed by atoms with Crippen molar-refractivity contribution in [2.24, 2.45) is 0 Å². The number of nitrogens with zero attached hydrogens (tertiary/aromatic N) is 5. The summed E-state index contributed by atoms with van der Waals surface area (Å²) in [5.41, 5.74) is 0.839. The third-order valence-electron chi connectivity index (χ3n) is 6.80. The average molecular weight is 608 g/mol. The van der Waals surface area contributed by atoms with Crippen molar-refractivity contribution in [3.05, 3.63) is 83.3 Å². The Kier molecular flexibility index (Phi) is 8.81. The lowest BCUT2D eigenvalue weighted by Crippen LogP contribution is -2.31. The molecule has 1 saturated carbocycles. The molecule has 2 aromatic heterocycles. The predicted octanol–water partition coefficient (Wildman–Crippen LogP) is 4.85. The first kappa shape index (κ1) is 30.5. The van der Waals surface area contributed by atoms with E-state index in [0.717, 1.165) is 30.5 Å². The second-order valence-electron chi connectivity index (χ2n) is 10.8. The standard InChI is InChI=1S/C30H32F3N9O2/c1-18-7-8-22(38-28(43)19-5-4-6-20(13-19)30(31,32)33)14-23(18)39-27-15-24(29(44)34-11-12-41(2)3)40-42(27)26-16-25(35-17-36-26)37-21-9-10-21/h4-8,13-17,21,39H,9-12H2,1-3H3,(H,34,44)(H,38,43)(H,35,36,37). The Labute approximate surface area is 251 Å². The summed E-state index contributed by atoms with van der Waals surface area (Å²) >= 11 is 0. The summed E-state index contributed by atoms with van der Waals surface area (Å²) in [5.74, 6) is 0.418. The van der Waals surface area contributed by atoms with Crippen molar-refractivity contribution >= 4 is 34.8 Å². The van der Waals surface area contributed by atoms with E-state index in [4.69, 9.17) is 0 Å². The lowest BCUT2D eigenvalue weighted by Gasteiger charge is -2.14. The minimum absolute atomic E-state index is 0.128. The van der Waals surface area contributed by atoms with Gasteiger partial charge in [-0.15, -0.1) is 0 Å². The summed E-state index contributed by atoms with van der Waals surface area (Å²) in [7, 11) is 3.81. The highest BCUT2D eigenvalue weighted by Crippen LogP contribution is 2.31. The number of carbonyl (C=O) groups is 2. The van der Waals surface area contributed by atoms with Gasteiger partial charge >= 0.3 is 6.18 Å². The molecule has 44 heavy (non-hydrogen) atoms. The number of carbonyl (C=O) groups excluding carboxylic acids is 2. The van der Waals surface area contributed by atoms with Gasteiger partial charge in [-0.2, -0.15) is 23.0 Å². The fourth-order valence-electron chi connectivity index (χ4n) is 4.23. The maximum atomic E-state index is 13.2. The molecule has 230 valence electrons. The van der Waals surface area contributed by atoms with E-state index in [0.29, 0.717) is 48.0 Å². The summed E-state index contributed by atoms with van der Waals surface area (Å²) in [6, 6.07) is 13.0. The monoisotopic (exact) mass is 607 g/mol. The number of benzene rings is 2. The minimum Gasteiger partial charge on any atom is -0.367 e. The smallest absolute Gasteiger partial charge is 0.367 e. The minimum atomic E-state index is -4.57. The number of aromatic nitrogens is 4. The number of hydrogen-bond acceptors (Lipinski definition) is 8. The highest BCUT2D eigenvalue weighted by Gasteiger charge is 2.31. The van der Waals surface area contributed by atoms with Crippen molar-refractivity contribution in [1.82, 2.24) is 30.0 Å². The number of amides is 2. The van der Waals surface area contributed by atoms with Gasteiger partial charge in [0.15, 0.2) is 11.5 Å². The van der Waals surface area contributed by atoms with E-state index in [-0.39, 0.29) is 17.2 Å². The van der Waals surface area contributed by atoms with Gasteiger partial charge in [-0.25, -0.2) is 9.97 Å². The number of alkyl halides is 3. The number of nitrogens with one attached hydrogen (secondary N) is 4. The van der Waals surface area contributed by atoms with Gasteiger partial charge < -0.3 is 26.2 Å². The topological polar surface area (TPSA) is 129 Å². The summed E-state index contributed by atoms with van der Waals surface area (Å²) < 4.78 is 41.0. The SMILES string of the molecule is Cc1ccc(NC(=O)c2cccc(C(F)(F)F)c2)cc1Nc1cc(C(=O)NCCN(C)C)nn1-c1cc(NC2CC2)ncn1. The van der Waals surface area contributed by atoms with Crippen LogP contribution in [0.1, 0.15) is 44.8 Å². The maximum Gasteiger partial charge on any atom is 0.416 e. The molecule has 0 radical (unpaired) electrons. The van der Waals surface area contributed by atoms with E-state index in [9.17, 15) is 22.8 Å². The van der Waals surface area contributed by atoms with Crippen LogP contribution < -0.4 is 21.3 Å². The highest BCUT2D eigenvalue weighted by molar-refractivity contribution is 6.04. The molecule has 0 aliphatic heterocycles. The van der Waals surface area contributed by atoms with E-state index in [1.165, 1.54) is 23.1 Å². The fraction of sp³-hybridized carbons (Fsp3) is 0.300. The molecule has 1 aliphatic carbocycles. The summed E-state index contributed by atoms with van der Waals surface area (Å²) in [6.07, 6.45) is -1.03. The van der Waals surface area contributed by atoms with Gasteiger partial charge in [-0.05, 0) is 69.8 Å². The van der Waals surface area contributed by atoms with Crippen molar-refractivity contribution in [2.75, 3.05) is 43.1 Å². The molecule has 14 heteroatoms. The number of hydrogen-bond donors (Lipinski definition) is 4.